The second kappa shape index (κ2) is 10.6. The van der Waals surface area contributed by atoms with E-state index in [1.807, 2.05) is 0 Å². The molecule has 2 aliphatic rings. The number of rotatable bonds is 5. The molecule has 0 bridgehead atoms. The molecular formula is C37H36N6. The van der Waals surface area contributed by atoms with Crippen LogP contribution in [-0.4, -0.2) is 35.3 Å². The van der Waals surface area contributed by atoms with Crippen LogP contribution in [0, 0.1) is 0 Å². The van der Waals surface area contributed by atoms with Gasteiger partial charge in [0, 0.05) is 42.1 Å². The maximum absolute atomic E-state index is 5.19. The van der Waals surface area contributed by atoms with Crippen molar-refractivity contribution in [3.8, 4) is 22.3 Å². The molecule has 5 aromatic rings. The molecule has 4 aromatic carbocycles. The molecule has 214 valence electrons. The second-order valence-corrected chi connectivity index (χ2v) is 12.2. The van der Waals surface area contributed by atoms with Crippen LogP contribution in [-0.2, 0) is 5.41 Å². The minimum absolute atomic E-state index is 0.209. The summed E-state index contributed by atoms with van der Waals surface area (Å²) < 4.78 is 0. The number of hydrogen-bond donors (Lipinski definition) is 0. The van der Waals surface area contributed by atoms with Crippen molar-refractivity contribution in [2.75, 3.05) is 35.1 Å². The summed E-state index contributed by atoms with van der Waals surface area (Å²) in [5, 5.41) is 0. The molecule has 0 unspecified atom stereocenters. The Balaban J connectivity index is 1.40. The molecule has 0 spiro atoms. The van der Waals surface area contributed by atoms with Gasteiger partial charge in [0.25, 0.3) is 0 Å². The molecule has 7 rings (SSSR count). The molecule has 3 heterocycles. The second-order valence-electron chi connectivity index (χ2n) is 12.2. The molecule has 0 N–H and O–H groups in total. The Bertz CT molecular complexity index is 1730. The monoisotopic (exact) mass is 564 g/mol. The van der Waals surface area contributed by atoms with Gasteiger partial charge in [0.05, 0.1) is 23.7 Å². The van der Waals surface area contributed by atoms with Crippen LogP contribution in [0.5, 0.6) is 0 Å². The predicted molar refractivity (Wildman–Crippen MR) is 178 cm³/mol. The average molecular weight is 565 g/mol. The lowest BCUT2D eigenvalue weighted by Crippen LogP contribution is -2.28. The summed E-state index contributed by atoms with van der Waals surface area (Å²) in [4.78, 5) is 19.3. The highest BCUT2D eigenvalue weighted by Crippen LogP contribution is 2.50. The average Bonchev–Trinajstić information content (AvgIpc) is 3.65. The van der Waals surface area contributed by atoms with E-state index in [1.165, 1.54) is 27.9 Å². The van der Waals surface area contributed by atoms with Gasteiger partial charge in [-0.1, -0.05) is 112 Å². The Labute approximate surface area is 254 Å². The van der Waals surface area contributed by atoms with Gasteiger partial charge in [-0.05, 0) is 23.3 Å². The number of anilines is 5. The van der Waals surface area contributed by atoms with Crippen molar-refractivity contribution < 1.29 is 0 Å². The highest BCUT2D eigenvalue weighted by atomic mass is 15.4. The minimum atomic E-state index is -0.209. The van der Waals surface area contributed by atoms with Crippen LogP contribution in [0.15, 0.2) is 122 Å². The highest BCUT2D eigenvalue weighted by molar-refractivity contribution is 5.98. The molecule has 0 radical (unpaired) electrons. The van der Waals surface area contributed by atoms with Crippen LogP contribution >= 0.6 is 0 Å². The highest BCUT2D eigenvalue weighted by Gasteiger charge is 2.33. The van der Waals surface area contributed by atoms with E-state index in [1.54, 1.807) is 0 Å². The zero-order valence-corrected chi connectivity index (χ0v) is 25.1. The van der Waals surface area contributed by atoms with Gasteiger partial charge in [0.2, 0.25) is 0 Å². The van der Waals surface area contributed by atoms with Gasteiger partial charge in [-0.2, -0.15) is 0 Å². The van der Waals surface area contributed by atoms with Crippen LogP contribution in [0.4, 0.5) is 28.7 Å². The largest absolute Gasteiger partial charge is 0.361 e. The van der Waals surface area contributed by atoms with E-state index in [0.29, 0.717) is 6.67 Å². The molecule has 0 atom stereocenters. The molecule has 0 aliphatic carbocycles. The number of nitrogens with zero attached hydrogens (tertiary/aromatic N) is 6. The Morgan fingerprint density at radius 2 is 1.14 bits per heavy atom. The van der Waals surface area contributed by atoms with Crippen molar-refractivity contribution in [1.29, 1.82) is 0 Å². The van der Waals surface area contributed by atoms with Crippen molar-refractivity contribution in [2.45, 2.75) is 26.2 Å². The molecule has 43 heavy (non-hydrogen) atoms. The fourth-order valence-electron chi connectivity index (χ4n) is 5.86. The lowest BCUT2D eigenvalue weighted by Gasteiger charge is -2.28. The lowest BCUT2D eigenvalue weighted by molar-refractivity contribution is 0.492. The van der Waals surface area contributed by atoms with Crippen molar-refractivity contribution in [3.05, 3.63) is 127 Å². The summed E-state index contributed by atoms with van der Waals surface area (Å²) in [7, 11) is 2.08. The summed E-state index contributed by atoms with van der Waals surface area (Å²) in [5.41, 5.74) is 8.03. The minimum Gasteiger partial charge on any atom is -0.361 e. The van der Waals surface area contributed by atoms with Crippen LogP contribution in [0.25, 0.3) is 22.3 Å². The Morgan fingerprint density at radius 1 is 0.581 bits per heavy atom. The third kappa shape index (κ3) is 4.99. The zero-order chi connectivity index (χ0) is 29.6. The summed E-state index contributed by atoms with van der Waals surface area (Å²) in [6, 6.07) is 38.8. The Hall–Kier alpha value is -5.10. The van der Waals surface area contributed by atoms with Crippen molar-refractivity contribution in [2.24, 2.45) is 0 Å². The Kier molecular flexibility index (Phi) is 6.62. The molecule has 6 nitrogen and oxygen atoms in total. The summed E-state index contributed by atoms with van der Waals surface area (Å²) in [6.07, 6.45) is 4.17. The molecule has 0 saturated heterocycles. The molecule has 0 amide bonds. The zero-order valence-electron chi connectivity index (χ0n) is 25.1. The van der Waals surface area contributed by atoms with Crippen LogP contribution in [0.3, 0.4) is 0 Å². The van der Waals surface area contributed by atoms with E-state index in [-0.39, 0.29) is 5.41 Å². The summed E-state index contributed by atoms with van der Waals surface area (Å²) >= 11 is 0. The first-order valence-electron chi connectivity index (χ1n) is 14.8. The van der Waals surface area contributed by atoms with E-state index >= 15 is 0 Å². The molecule has 0 fully saturated rings. The van der Waals surface area contributed by atoms with Gasteiger partial charge in [0.15, 0.2) is 0 Å². The molecule has 2 aliphatic heterocycles. The van der Waals surface area contributed by atoms with E-state index in [2.05, 4.69) is 169 Å². The van der Waals surface area contributed by atoms with Crippen molar-refractivity contribution >= 4 is 28.7 Å². The molecule has 1 aromatic heterocycles. The number of aromatic nitrogens is 2. The first kappa shape index (κ1) is 26.8. The quantitative estimate of drug-likeness (QED) is 0.213. The van der Waals surface area contributed by atoms with Gasteiger partial charge in [-0.3, -0.25) is 0 Å². The van der Waals surface area contributed by atoms with Crippen molar-refractivity contribution in [1.82, 2.24) is 14.9 Å². The fourth-order valence-corrected chi connectivity index (χ4v) is 5.86. The first-order chi connectivity index (χ1) is 20.9. The summed E-state index contributed by atoms with van der Waals surface area (Å²) in [6.45, 7) is 7.91. The van der Waals surface area contributed by atoms with E-state index in [4.69, 9.17) is 9.97 Å². The van der Waals surface area contributed by atoms with Crippen LogP contribution in [0.2, 0.25) is 0 Å². The number of hydrogen-bond acceptors (Lipinski definition) is 6. The molecular weight excluding hydrogens is 528 g/mol. The molecule has 6 heteroatoms. The number of para-hydroxylation sites is 3. The predicted octanol–water partition coefficient (Wildman–Crippen LogP) is 8.54. The normalized spacial score (nSPS) is 14.5. The SMILES string of the molecule is CN1C=CN(c2cc(N3CN(c4c(-c5ccccc5)cccc4-c4ccccc4)c4ccccc43)nc(C(C)(C)C)n2)C1. The van der Waals surface area contributed by atoms with Crippen LogP contribution < -0.4 is 14.7 Å². The van der Waals surface area contributed by atoms with E-state index in [9.17, 15) is 0 Å². The maximum atomic E-state index is 5.19. The molecule has 0 saturated carbocycles. The van der Waals surface area contributed by atoms with E-state index in [0.717, 1.165) is 35.5 Å². The van der Waals surface area contributed by atoms with Gasteiger partial charge >= 0.3 is 0 Å². The Morgan fingerprint density at radius 3 is 1.70 bits per heavy atom. The van der Waals surface area contributed by atoms with Crippen LogP contribution in [0.1, 0.15) is 26.6 Å². The van der Waals surface area contributed by atoms with Gasteiger partial charge < -0.3 is 19.6 Å². The number of fused-ring (bicyclic) bond motifs is 1. The topological polar surface area (TPSA) is 38.7 Å². The third-order valence-corrected chi connectivity index (χ3v) is 8.04. The van der Waals surface area contributed by atoms with Gasteiger partial charge in [-0.15, -0.1) is 0 Å². The lowest BCUT2D eigenvalue weighted by atomic mass is 9.95. The smallest absolute Gasteiger partial charge is 0.140 e. The standard InChI is InChI=1S/C37H36N6/c1-37(2,3)36-38-33(41-23-22-40(4)25-41)24-34(39-36)42-26-43(32-21-12-11-20-31(32)42)35-29(27-14-7-5-8-15-27)18-13-19-30(35)28-16-9-6-10-17-28/h5-24H,25-26H2,1-4H3. The first-order valence-corrected chi connectivity index (χ1v) is 14.8. The fraction of sp³-hybridized carbons (Fsp3) is 0.189. The maximum Gasteiger partial charge on any atom is 0.140 e. The summed E-state index contributed by atoms with van der Waals surface area (Å²) in [5.74, 6) is 2.63. The number of benzene rings is 4. The van der Waals surface area contributed by atoms with Gasteiger partial charge in [0.1, 0.15) is 24.1 Å². The third-order valence-electron chi connectivity index (χ3n) is 8.04. The van der Waals surface area contributed by atoms with Crippen molar-refractivity contribution in [3.63, 3.8) is 0 Å². The van der Waals surface area contributed by atoms with E-state index < -0.39 is 0 Å². The van der Waals surface area contributed by atoms with Gasteiger partial charge in [-0.25, -0.2) is 9.97 Å².